The molecule has 1 aliphatic heterocycles. The Morgan fingerprint density at radius 3 is 2.87 bits per heavy atom. The SMILES string of the molecule is O=C(O)N1CCc2c(F)ccc(Cl)c2C1. The number of amides is 1. The van der Waals surface area contributed by atoms with Gasteiger partial charge in [-0.25, -0.2) is 9.18 Å². The Hall–Kier alpha value is -1.29. The molecule has 15 heavy (non-hydrogen) atoms. The molecular weight excluding hydrogens is 221 g/mol. The highest BCUT2D eigenvalue weighted by Gasteiger charge is 2.23. The van der Waals surface area contributed by atoms with Gasteiger partial charge in [-0.2, -0.15) is 0 Å². The first kappa shape index (κ1) is 10.2. The average Bonchev–Trinajstić information content (AvgIpc) is 2.23. The summed E-state index contributed by atoms with van der Waals surface area (Å²) in [5.74, 6) is -0.306. The number of halogens is 2. The summed E-state index contributed by atoms with van der Waals surface area (Å²) in [6.07, 6.45) is -0.616. The molecule has 0 bridgehead atoms. The van der Waals surface area contributed by atoms with Crippen LogP contribution >= 0.6 is 11.6 Å². The van der Waals surface area contributed by atoms with E-state index in [-0.39, 0.29) is 12.4 Å². The van der Waals surface area contributed by atoms with Crippen molar-refractivity contribution in [3.05, 3.63) is 34.1 Å². The van der Waals surface area contributed by atoms with Crippen molar-refractivity contribution in [3.63, 3.8) is 0 Å². The number of carboxylic acid groups (broad SMARTS) is 1. The van der Waals surface area contributed by atoms with Crippen molar-refractivity contribution in [2.75, 3.05) is 6.54 Å². The van der Waals surface area contributed by atoms with Gasteiger partial charge in [0.15, 0.2) is 0 Å². The number of benzene rings is 1. The van der Waals surface area contributed by atoms with Gasteiger partial charge < -0.3 is 10.0 Å². The van der Waals surface area contributed by atoms with Crippen molar-refractivity contribution in [1.29, 1.82) is 0 Å². The predicted molar refractivity (Wildman–Crippen MR) is 53.5 cm³/mol. The van der Waals surface area contributed by atoms with Crippen LogP contribution in [0.3, 0.4) is 0 Å². The standard InChI is InChI=1S/C10H9ClFNO2/c11-8-1-2-9(12)6-3-4-13(10(14)15)5-7(6)8/h1-2H,3-5H2,(H,14,15). The van der Waals surface area contributed by atoms with Crippen LogP contribution in [-0.4, -0.2) is 22.6 Å². The van der Waals surface area contributed by atoms with Gasteiger partial charge in [0.1, 0.15) is 5.82 Å². The summed E-state index contributed by atoms with van der Waals surface area (Å²) >= 11 is 5.90. The number of carbonyl (C=O) groups is 1. The number of hydrogen-bond acceptors (Lipinski definition) is 1. The van der Waals surface area contributed by atoms with Crippen LogP contribution in [0.5, 0.6) is 0 Å². The molecule has 1 aromatic carbocycles. The molecule has 80 valence electrons. The summed E-state index contributed by atoms with van der Waals surface area (Å²) in [6, 6.07) is 2.78. The average molecular weight is 230 g/mol. The van der Waals surface area contributed by atoms with Gasteiger partial charge in [-0.15, -0.1) is 0 Å². The highest BCUT2D eigenvalue weighted by Crippen LogP contribution is 2.28. The van der Waals surface area contributed by atoms with Gasteiger partial charge in [0.2, 0.25) is 0 Å². The number of nitrogens with zero attached hydrogens (tertiary/aromatic N) is 1. The Bertz CT molecular complexity index is 422. The fraction of sp³-hybridized carbons (Fsp3) is 0.300. The molecule has 0 fully saturated rings. The van der Waals surface area contributed by atoms with Crippen LogP contribution in [0.1, 0.15) is 11.1 Å². The van der Waals surface area contributed by atoms with Crippen molar-refractivity contribution in [2.24, 2.45) is 0 Å². The Balaban J connectivity index is 2.41. The maximum atomic E-state index is 13.4. The topological polar surface area (TPSA) is 40.5 Å². The summed E-state index contributed by atoms with van der Waals surface area (Å²) < 4.78 is 13.4. The molecule has 2 rings (SSSR count). The summed E-state index contributed by atoms with van der Waals surface area (Å²) in [7, 11) is 0. The minimum Gasteiger partial charge on any atom is -0.465 e. The van der Waals surface area contributed by atoms with Crippen LogP contribution in [0.15, 0.2) is 12.1 Å². The Morgan fingerprint density at radius 1 is 1.47 bits per heavy atom. The van der Waals surface area contributed by atoms with Crippen LogP contribution in [0.2, 0.25) is 5.02 Å². The second-order valence-corrected chi connectivity index (χ2v) is 3.85. The third kappa shape index (κ3) is 1.77. The molecular formula is C10H9ClFNO2. The predicted octanol–water partition coefficient (Wildman–Crippen LogP) is 2.52. The lowest BCUT2D eigenvalue weighted by Gasteiger charge is -2.27. The van der Waals surface area contributed by atoms with Crippen molar-refractivity contribution >= 4 is 17.7 Å². The normalized spacial score (nSPS) is 14.9. The van der Waals surface area contributed by atoms with E-state index in [0.29, 0.717) is 29.1 Å². The molecule has 0 radical (unpaired) electrons. The molecule has 0 atom stereocenters. The van der Waals surface area contributed by atoms with Crippen LogP contribution < -0.4 is 0 Å². The molecule has 0 aliphatic carbocycles. The Kier molecular flexibility index (Phi) is 2.52. The molecule has 5 heteroatoms. The summed E-state index contributed by atoms with van der Waals surface area (Å²) in [4.78, 5) is 12.0. The summed E-state index contributed by atoms with van der Waals surface area (Å²) in [5, 5.41) is 9.24. The third-order valence-corrected chi connectivity index (χ3v) is 2.92. The van der Waals surface area contributed by atoms with Crippen molar-refractivity contribution in [2.45, 2.75) is 13.0 Å². The van der Waals surface area contributed by atoms with E-state index in [2.05, 4.69) is 0 Å². The quantitative estimate of drug-likeness (QED) is 0.743. The van der Waals surface area contributed by atoms with E-state index in [1.165, 1.54) is 17.0 Å². The molecule has 1 N–H and O–H groups in total. The maximum absolute atomic E-state index is 13.4. The third-order valence-electron chi connectivity index (χ3n) is 2.57. The summed E-state index contributed by atoms with van der Waals surface area (Å²) in [6.45, 7) is 0.487. The van der Waals surface area contributed by atoms with E-state index in [1.54, 1.807) is 0 Å². The molecule has 1 heterocycles. The lowest BCUT2D eigenvalue weighted by Crippen LogP contribution is -2.35. The first-order valence-electron chi connectivity index (χ1n) is 4.53. The van der Waals surface area contributed by atoms with E-state index in [1.807, 2.05) is 0 Å². The van der Waals surface area contributed by atoms with E-state index in [9.17, 15) is 9.18 Å². The highest BCUT2D eigenvalue weighted by molar-refractivity contribution is 6.31. The first-order valence-corrected chi connectivity index (χ1v) is 4.91. The molecule has 0 spiro atoms. The van der Waals surface area contributed by atoms with Gasteiger partial charge in [-0.1, -0.05) is 11.6 Å². The minimum absolute atomic E-state index is 0.168. The second kappa shape index (κ2) is 3.70. The van der Waals surface area contributed by atoms with E-state index < -0.39 is 6.09 Å². The van der Waals surface area contributed by atoms with E-state index in [4.69, 9.17) is 16.7 Å². The smallest absolute Gasteiger partial charge is 0.407 e. The van der Waals surface area contributed by atoms with Gasteiger partial charge in [0.25, 0.3) is 0 Å². The molecule has 3 nitrogen and oxygen atoms in total. The van der Waals surface area contributed by atoms with Gasteiger partial charge in [0.05, 0.1) is 6.54 Å². The zero-order valence-corrected chi connectivity index (χ0v) is 8.59. The van der Waals surface area contributed by atoms with Gasteiger partial charge >= 0.3 is 6.09 Å². The molecule has 1 amide bonds. The maximum Gasteiger partial charge on any atom is 0.407 e. The molecule has 0 unspecified atom stereocenters. The van der Waals surface area contributed by atoms with E-state index in [0.717, 1.165) is 0 Å². The summed E-state index contributed by atoms with van der Waals surface area (Å²) in [5.41, 5.74) is 1.13. The van der Waals surface area contributed by atoms with E-state index >= 15 is 0 Å². The fourth-order valence-corrected chi connectivity index (χ4v) is 1.99. The van der Waals surface area contributed by atoms with Crippen LogP contribution in [0, 0.1) is 5.82 Å². The van der Waals surface area contributed by atoms with Crippen LogP contribution in [-0.2, 0) is 13.0 Å². The van der Waals surface area contributed by atoms with Gasteiger partial charge in [-0.3, -0.25) is 0 Å². The first-order chi connectivity index (χ1) is 7.09. The molecule has 1 aromatic rings. The fourth-order valence-electron chi connectivity index (χ4n) is 1.76. The van der Waals surface area contributed by atoms with Crippen molar-refractivity contribution < 1.29 is 14.3 Å². The zero-order chi connectivity index (χ0) is 11.0. The van der Waals surface area contributed by atoms with Crippen LogP contribution in [0.4, 0.5) is 9.18 Å². The molecule has 0 saturated carbocycles. The number of hydrogen-bond donors (Lipinski definition) is 1. The van der Waals surface area contributed by atoms with Crippen LogP contribution in [0.25, 0.3) is 0 Å². The molecule has 0 aromatic heterocycles. The van der Waals surface area contributed by atoms with Gasteiger partial charge in [0, 0.05) is 11.6 Å². The van der Waals surface area contributed by atoms with Gasteiger partial charge in [-0.05, 0) is 29.7 Å². The zero-order valence-electron chi connectivity index (χ0n) is 7.83. The minimum atomic E-state index is -0.999. The lowest BCUT2D eigenvalue weighted by molar-refractivity contribution is 0.139. The Labute approximate surface area is 91.1 Å². The lowest BCUT2D eigenvalue weighted by atomic mass is 9.99. The number of rotatable bonds is 0. The molecule has 0 saturated heterocycles. The monoisotopic (exact) mass is 229 g/mol. The molecule has 1 aliphatic rings. The van der Waals surface area contributed by atoms with Crippen molar-refractivity contribution in [1.82, 2.24) is 4.90 Å². The largest absolute Gasteiger partial charge is 0.465 e. The number of fused-ring (bicyclic) bond motifs is 1. The van der Waals surface area contributed by atoms with Crippen molar-refractivity contribution in [3.8, 4) is 0 Å². The second-order valence-electron chi connectivity index (χ2n) is 3.44. The Morgan fingerprint density at radius 2 is 2.20 bits per heavy atom. The highest BCUT2D eigenvalue weighted by atomic mass is 35.5.